The molecular formula is C13H17N5OS. The Morgan fingerprint density at radius 2 is 2.10 bits per heavy atom. The lowest BCUT2D eigenvalue weighted by Crippen LogP contribution is -2.15. The summed E-state index contributed by atoms with van der Waals surface area (Å²) in [5.41, 5.74) is 4.29. The van der Waals surface area contributed by atoms with Crippen LogP contribution in [-0.4, -0.2) is 31.2 Å². The van der Waals surface area contributed by atoms with E-state index in [-0.39, 0.29) is 11.2 Å². The fourth-order valence-electron chi connectivity index (χ4n) is 2.57. The predicted molar refractivity (Wildman–Crippen MR) is 78.8 cm³/mol. The highest BCUT2D eigenvalue weighted by molar-refractivity contribution is 8.00. The fourth-order valence-corrected chi connectivity index (χ4v) is 3.82. The number of hydrogen-bond donors (Lipinski definition) is 1. The first kappa shape index (κ1) is 13.2. The van der Waals surface area contributed by atoms with Gasteiger partial charge in [-0.2, -0.15) is 10.2 Å². The Balaban J connectivity index is 2.18. The molecule has 0 spiro atoms. The van der Waals surface area contributed by atoms with Gasteiger partial charge in [-0.05, 0) is 13.8 Å². The first-order valence-electron chi connectivity index (χ1n) is 6.42. The quantitative estimate of drug-likeness (QED) is 0.865. The molecule has 0 unspecified atom stereocenters. The first-order valence-corrected chi connectivity index (χ1v) is 7.47. The van der Waals surface area contributed by atoms with Crippen LogP contribution in [0.1, 0.15) is 27.8 Å². The SMILES string of the molecule is Cc1nn(C)c2c1[C@@H](c1cnn(C)c1C)SCC(=O)N2. The van der Waals surface area contributed by atoms with Gasteiger partial charge in [0.15, 0.2) is 0 Å². The molecule has 0 saturated carbocycles. The second-order valence-electron chi connectivity index (χ2n) is 5.02. The molecule has 0 bridgehead atoms. The lowest BCUT2D eigenvalue weighted by Gasteiger charge is -2.14. The number of carbonyl (C=O) groups is 1. The molecule has 1 aliphatic rings. The summed E-state index contributed by atoms with van der Waals surface area (Å²) in [6.07, 6.45) is 1.89. The van der Waals surface area contributed by atoms with Crippen molar-refractivity contribution in [1.82, 2.24) is 19.6 Å². The zero-order chi connectivity index (χ0) is 14.4. The van der Waals surface area contributed by atoms with E-state index in [1.807, 2.05) is 31.9 Å². The third-order valence-electron chi connectivity index (χ3n) is 3.73. The van der Waals surface area contributed by atoms with Crippen molar-refractivity contribution in [2.24, 2.45) is 14.1 Å². The number of aromatic nitrogens is 4. The number of fused-ring (bicyclic) bond motifs is 1. The van der Waals surface area contributed by atoms with Gasteiger partial charge in [0.05, 0.1) is 22.9 Å². The number of nitrogens with one attached hydrogen (secondary N) is 1. The minimum atomic E-state index is 0.0169. The average Bonchev–Trinajstić information content (AvgIpc) is 2.78. The predicted octanol–water partition coefficient (Wildman–Crippen LogP) is 1.55. The van der Waals surface area contributed by atoms with Crippen molar-refractivity contribution in [3.05, 3.63) is 28.7 Å². The summed E-state index contributed by atoms with van der Waals surface area (Å²) >= 11 is 1.62. The van der Waals surface area contributed by atoms with Crippen molar-refractivity contribution in [3.63, 3.8) is 0 Å². The van der Waals surface area contributed by atoms with E-state index in [0.29, 0.717) is 5.75 Å². The standard InChI is InChI=1S/C13H17N5OS/c1-7-11-12(9-5-14-17(3)8(9)2)20-6-10(19)15-13(11)18(4)16-7/h5,12H,6H2,1-4H3,(H,15,19)/t12-/m1/s1. The highest BCUT2D eigenvalue weighted by Gasteiger charge is 2.31. The third kappa shape index (κ3) is 1.93. The molecule has 3 rings (SSSR count). The van der Waals surface area contributed by atoms with Crippen molar-refractivity contribution >= 4 is 23.5 Å². The maximum Gasteiger partial charge on any atom is 0.235 e. The van der Waals surface area contributed by atoms with Crippen molar-refractivity contribution in [2.45, 2.75) is 19.1 Å². The molecule has 1 N–H and O–H groups in total. The summed E-state index contributed by atoms with van der Waals surface area (Å²) in [4.78, 5) is 11.9. The molecule has 20 heavy (non-hydrogen) atoms. The molecule has 2 aromatic rings. The van der Waals surface area contributed by atoms with Crippen LogP contribution in [0.25, 0.3) is 0 Å². The molecular weight excluding hydrogens is 274 g/mol. The van der Waals surface area contributed by atoms with E-state index in [1.165, 1.54) is 0 Å². The highest BCUT2D eigenvalue weighted by atomic mass is 32.2. The van der Waals surface area contributed by atoms with Crippen LogP contribution in [0.4, 0.5) is 5.82 Å². The summed E-state index contributed by atoms with van der Waals surface area (Å²) in [7, 11) is 3.79. The van der Waals surface area contributed by atoms with E-state index in [9.17, 15) is 4.79 Å². The van der Waals surface area contributed by atoms with Gasteiger partial charge in [0.1, 0.15) is 5.82 Å². The van der Waals surface area contributed by atoms with Gasteiger partial charge in [-0.15, -0.1) is 11.8 Å². The van der Waals surface area contributed by atoms with Gasteiger partial charge < -0.3 is 5.32 Å². The maximum absolute atomic E-state index is 11.9. The van der Waals surface area contributed by atoms with E-state index in [2.05, 4.69) is 22.4 Å². The zero-order valence-corrected chi connectivity index (χ0v) is 12.8. The van der Waals surface area contributed by atoms with Gasteiger partial charge in [-0.25, -0.2) is 0 Å². The number of nitrogens with zero attached hydrogens (tertiary/aromatic N) is 4. The van der Waals surface area contributed by atoms with Gasteiger partial charge >= 0.3 is 0 Å². The van der Waals surface area contributed by atoms with E-state index < -0.39 is 0 Å². The number of hydrogen-bond acceptors (Lipinski definition) is 4. The Labute approximate surface area is 121 Å². The molecule has 3 heterocycles. The van der Waals surface area contributed by atoms with E-state index in [1.54, 1.807) is 16.4 Å². The van der Waals surface area contributed by atoms with Crippen LogP contribution in [0.5, 0.6) is 0 Å². The molecule has 0 radical (unpaired) electrons. The van der Waals surface area contributed by atoms with E-state index >= 15 is 0 Å². The Morgan fingerprint density at radius 3 is 2.75 bits per heavy atom. The lowest BCUT2D eigenvalue weighted by molar-refractivity contribution is -0.113. The molecule has 2 aromatic heterocycles. The molecule has 1 aliphatic heterocycles. The van der Waals surface area contributed by atoms with Gasteiger partial charge in [0, 0.05) is 30.9 Å². The Bertz CT molecular complexity index is 687. The molecule has 1 atom stereocenters. The van der Waals surface area contributed by atoms with Crippen LogP contribution in [0.3, 0.4) is 0 Å². The molecule has 6 nitrogen and oxygen atoms in total. The van der Waals surface area contributed by atoms with Crippen LogP contribution in [0, 0.1) is 13.8 Å². The molecule has 0 fully saturated rings. The van der Waals surface area contributed by atoms with E-state index in [0.717, 1.165) is 28.3 Å². The van der Waals surface area contributed by atoms with Gasteiger partial charge in [0.2, 0.25) is 5.91 Å². The number of amides is 1. The number of thioether (sulfide) groups is 1. The Morgan fingerprint density at radius 1 is 1.35 bits per heavy atom. The monoisotopic (exact) mass is 291 g/mol. The third-order valence-corrected chi connectivity index (χ3v) is 4.98. The molecule has 0 saturated heterocycles. The topological polar surface area (TPSA) is 64.7 Å². The molecule has 1 amide bonds. The Kier molecular flexibility index (Phi) is 3.08. The highest BCUT2D eigenvalue weighted by Crippen LogP contribution is 2.43. The van der Waals surface area contributed by atoms with Crippen molar-refractivity contribution in [3.8, 4) is 0 Å². The summed E-state index contributed by atoms with van der Waals surface area (Å²) in [6, 6.07) is 0. The largest absolute Gasteiger partial charge is 0.310 e. The number of rotatable bonds is 1. The molecule has 106 valence electrons. The van der Waals surface area contributed by atoms with Crippen LogP contribution < -0.4 is 5.32 Å². The van der Waals surface area contributed by atoms with Crippen molar-refractivity contribution in [2.75, 3.05) is 11.1 Å². The number of anilines is 1. The molecule has 7 heteroatoms. The summed E-state index contributed by atoms with van der Waals surface area (Å²) in [5.74, 6) is 1.25. The van der Waals surface area contributed by atoms with Crippen molar-refractivity contribution < 1.29 is 4.79 Å². The molecule has 0 aliphatic carbocycles. The summed E-state index contributed by atoms with van der Waals surface area (Å²) in [6.45, 7) is 4.03. The minimum Gasteiger partial charge on any atom is -0.310 e. The van der Waals surface area contributed by atoms with Crippen molar-refractivity contribution in [1.29, 1.82) is 0 Å². The second-order valence-corrected chi connectivity index (χ2v) is 6.11. The van der Waals surface area contributed by atoms with Crippen LogP contribution in [0.2, 0.25) is 0 Å². The normalized spacial score (nSPS) is 18.6. The van der Waals surface area contributed by atoms with Gasteiger partial charge in [-0.3, -0.25) is 14.2 Å². The van der Waals surface area contributed by atoms with Crippen LogP contribution in [-0.2, 0) is 18.9 Å². The lowest BCUT2D eigenvalue weighted by atomic mass is 10.1. The van der Waals surface area contributed by atoms with Crippen LogP contribution >= 0.6 is 11.8 Å². The Hall–Kier alpha value is -1.76. The zero-order valence-electron chi connectivity index (χ0n) is 12.0. The average molecular weight is 291 g/mol. The van der Waals surface area contributed by atoms with Gasteiger partial charge in [0.25, 0.3) is 0 Å². The maximum atomic E-state index is 11.9. The summed E-state index contributed by atoms with van der Waals surface area (Å²) < 4.78 is 3.61. The smallest absolute Gasteiger partial charge is 0.235 e. The van der Waals surface area contributed by atoms with Crippen LogP contribution in [0.15, 0.2) is 6.20 Å². The first-order chi connectivity index (χ1) is 9.49. The molecule has 0 aromatic carbocycles. The fraction of sp³-hybridized carbons (Fsp3) is 0.462. The minimum absolute atomic E-state index is 0.0169. The van der Waals surface area contributed by atoms with Gasteiger partial charge in [-0.1, -0.05) is 0 Å². The summed E-state index contributed by atoms with van der Waals surface area (Å²) in [5, 5.41) is 11.8. The van der Waals surface area contributed by atoms with E-state index in [4.69, 9.17) is 0 Å². The number of carbonyl (C=O) groups excluding carboxylic acids is 1. The second kappa shape index (κ2) is 4.66. The number of aryl methyl sites for hydroxylation is 3.